The third-order valence-electron chi connectivity index (χ3n) is 3.35. The number of nitrogen functional groups attached to an aromatic ring is 1. The summed E-state index contributed by atoms with van der Waals surface area (Å²) >= 11 is 0. The molecule has 0 unspecified atom stereocenters. The highest BCUT2D eigenvalue weighted by molar-refractivity contribution is 5.95. The third-order valence-corrected chi connectivity index (χ3v) is 3.35. The van der Waals surface area contributed by atoms with Gasteiger partial charge in [-0.3, -0.25) is 9.59 Å². The zero-order valence-corrected chi connectivity index (χ0v) is 11.8. The standard InChI is InChI=1S/C14H18FN3O3/c1-21-9-13(19)17-2-4-18(5-3-17)14(20)10-6-11(15)8-12(16)7-10/h6-8H,2-5,9,16H2,1H3. The molecule has 7 heteroatoms. The van der Waals surface area contributed by atoms with Gasteiger partial charge in [-0.15, -0.1) is 0 Å². The van der Waals surface area contributed by atoms with Crippen molar-refractivity contribution in [1.29, 1.82) is 0 Å². The Morgan fingerprint density at radius 1 is 1.19 bits per heavy atom. The van der Waals surface area contributed by atoms with Gasteiger partial charge in [-0.1, -0.05) is 0 Å². The summed E-state index contributed by atoms with van der Waals surface area (Å²) in [5.74, 6) is -0.910. The number of nitrogens with two attached hydrogens (primary N) is 1. The SMILES string of the molecule is COCC(=O)N1CCN(C(=O)c2cc(N)cc(F)c2)CC1. The molecule has 114 valence electrons. The van der Waals surface area contributed by atoms with Crippen molar-refractivity contribution in [3.8, 4) is 0 Å². The molecule has 1 aromatic carbocycles. The van der Waals surface area contributed by atoms with E-state index in [1.54, 1.807) is 9.80 Å². The molecule has 1 aliphatic heterocycles. The smallest absolute Gasteiger partial charge is 0.254 e. The van der Waals surface area contributed by atoms with Gasteiger partial charge in [-0.05, 0) is 18.2 Å². The minimum absolute atomic E-state index is 0.0361. The Morgan fingerprint density at radius 2 is 1.81 bits per heavy atom. The molecule has 2 rings (SSSR count). The van der Waals surface area contributed by atoms with E-state index in [0.29, 0.717) is 26.2 Å². The second-order valence-corrected chi connectivity index (χ2v) is 4.88. The number of carbonyl (C=O) groups is 2. The van der Waals surface area contributed by atoms with Crippen LogP contribution in [0.5, 0.6) is 0 Å². The first-order valence-electron chi connectivity index (χ1n) is 6.63. The lowest BCUT2D eigenvalue weighted by molar-refractivity contribution is -0.136. The Labute approximate surface area is 122 Å². The lowest BCUT2D eigenvalue weighted by atomic mass is 10.1. The topological polar surface area (TPSA) is 75.9 Å². The third kappa shape index (κ3) is 3.69. The second-order valence-electron chi connectivity index (χ2n) is 4.88. The number of anilines is 1. The van der Waals surface area contributed by atoms with Crippen LogP contribution in [0.2, 0.25) is 0 Å². The molecule has 21 heavy (non-hydrogen) atoms. The second kappa shape index (κ2) is 6.53. The van der Waals surface area contributed by atoms with Gasteiger partial charge in [-0.25, -0.2) is 4.39 Å². The van der Waals surface area contributed by atoms with Crippen LogP contribution >= 0.6 is 0 Å². The van der Waals surface area contributed by atoms with E-state index in [2.05, 4.69) is 0 Å². The fourth-order valence-electron chi connectivity index (χ4n) is 2.29. The van der Waals surface area contributed by atoms with E-state index in [0.717, 1.165) is 6.07 Å². The fraction of sp³-hybridized carbons (Fsp3) is 0.429. The summed E-state index contributed by atoms with van der Waals surface area (Å²) in [6.45, 7) is 1.74. The summed E-state index contributed by atoms with van der Waals surface area (Å²) < 4.78 is 18.1. The number of methoxy groups -OCH3 is 1. The van der Waals surface area contributed by atoms with E-state index in [1.165, 1.54) is 19.2 Å². The van der Waals surface area contributed by atoms with Crippen molar-refractivity contribution in [2.24, 2.45) is 0 Å². The van der Waals surface area contributed by atoms with Crippen LogP contribution in [0.4, 0.5) is 10.1 Å². The molecule has 0 saturated carbocycles. The highest BCUT2D eigenvalue weighted by Crippen LogP contribution is 2.14. The quantitative estimate of drug-likeness (QED) is 0.816. The number of amides is 2. The predicted octanol–water partition coefficient (Wildman–Crippen LogP) is 0.339. The van der Waals surface area contributed by atoms with Gasteiger partial charge in [0.1, 0.15) is 12.4 Å². The van der Waals surface area contributed by atoms with Crippen molar-refractivity contribution in [3.05, 3.63) is 29.6 Å². The maximum absolute atomic E-state index is 13.3. The normalized spacial score (nSPS) is 15.1. The molecule has 0 atom stereocenters. The molecular formula is C14H18FN3O3. The number of nitrogens with zero attached hydrogens (tertiary/aromatic N) is 2. The van der Waals surface area contributed by atoms with Gasteiger partial charge in [0.15, 0.2) is 0 Å². The lowest BCUT2D eigenvalue weighted by Gasteiger charge is -2.34. The number of piperazine rings is 1. The van der Waals surface area contributed by atoms with Gasteiger partial charge in [0, 0.05) is 44.5 Å². The van der Waals surface area contributed by atoms with Crippen molar-refractivity contribution in [2.45, 2.75) is 0 Å². The van der Waals surface area contributed by atoms with Gasteiger partial charge in [0.2, 0.25) is 5.91 Å². The van der Waals surface area contributed by atoms with Gasteiger partial charge in [0.25, 0.3) is 5.91 Å². The van der Waals surface area contributed by atoms with Crippen molar-refractivity contribution >= 4 is 17.5 Å². The van der Waals surface area contributed by atoms with E-state index < -0.39 is 5.82 Å². The molecule has 2 amide bonds. The zero-order valence-electron chi connectivity index (χ0n) is 11.8. The molecule has 0 aromatic heterocycles. The lowest BCUT2D eigenvalue weighted by Crippen LogP contribution is -2.51. The number of ether oxygens (including phenoxy) is 1. The van der Waals surface area contributed by atoms with Gasteiger partial charge >= 0.3 is 0 Å². The summed E-state index contributed by atoms with van der Waals surface area (Å²) in [6.07, 6.45) is 0. The predicted molar refractivity (Wildman–Crippen MR) is 75.2 cm³/mol. The number of rotatable bonds is 3. The monoisotopic (exact) mass is 295 g/mol. The van der Waals surface area contributed by atoms with Gasteiger partial charge < -0.3 is 20.3 Å². The van der Waals surface area contributed by atoms with E-state index in [9.17, 15) is 14.0 Å². The van der Waals surface area contributed by atoms with Crippen LogP contribution in [0.25, 0.3) is 0 Å². The van der Waals surface area contributed by atoms with E-state index in [-0.39, 0.29) is 29.7 Å². The fourth-order valence-corrected chi connectivity index (χ4v) is 2.29. The number of halogens is 1. The zero-order chi connectivity index (χ0) is 15.4. The highest BCUT2D eigenvalue weighted by atomic mass is 19.1. The summed E-state index contributed by atoms with van der Waals surface area (Å²) in [7, 11) is 1.46. The van der Waals surface area contributed by atoms with E-state index >= 15 is 0 Å². The van der Waals surface area contributed by atoms with E-state index in [1.807, 2.05) is 0 Å². The molecule has 6 nitrogen and oxygen atoms in total. The maximum atomic E-state index is 13.3. The first-order valence-corrected chi connectivity index (χ1v) is 6.63. The van der Waals surface area contributed by atoms with Gasteiger partial charge in [0.05, 0.1) is 0 Å². The van der Waals surface area contributed by atoms with Crippen LogP contribution in [0.15, 0.2) is 18.2 Å². The minimum atomic E-state index is -0.535. The van der Waals surface area contributed by atoms with Gasteiger partial charge in [-0.2, -0.15) is 0 Å². The van der Waals surface area contributed by atoms with Crippen LogP contribution < -0.4 is 5.73 Å². The molecule has 1 fully saturated rings. The molecule has 0 aliphatic carbocycles. The Balaban J connectivity index is 1.98. The van der Waals surface area contributed by atoms with Crippen LogP contribution in [0.1, 0.15) is 10.4 Å². The average Bonchev–Trinajstić information content (AvgIpc) is 2.46. The molecule has 2 N–H and O–H groups in total. The van der Waals surface area contributed by atoms with Crippen molar-refractivity contribution in [3.63, 3.8) is 0 Å². The first kappa shape index (κ1) is 15.2. The first-order chi connectivity index (χ1) is 10.0. The van der Waals surface area contributed by atoms with Crippen molar-refractivity contribution < 1.29 is 18.7 Å². The van der Waals surface area contributed by atoms with E-state index in [4.69, 9.17) is 10.5 Å². The molecule has 1 heterocycles. The number of benzene rings is 1. The summed E-state index contributed by atoms with van der Waals surface area (Å²) in [4.78, 5) is 27.2. The molecule has 1 aromatic rings. The summed E-state index contributed by atoms with van der Waals surface area (Å²) in [5.41, 5.74) is 5.99. The van der Waals surface area contributed by atoms with Crippen LogP contribution in [0, 0.1) is 5.82 Å². The Kier molecular flexibility index (Phi) is 4.74. The molecule has 1 saturated heterocycles. The molecule has 0 spiro atoms. The number of carbonyl (C=O) groups excluding carboxylic acids is 2. The molecule has 0 radical (unpaired) electrons. The molecular weight excluding hydrogens is 277 g/mol. The Hall–Kier alpha value is -2.15. The average molecular weight is 295 g/mol. The van der Waals surface area contributed by atoms with Crippen molar-refractivity contribution in [1.82, 2.24) is 9.80 Å². The van der Waals surface area contributed by atoms with Crippen molar-refractivity contribution in [2.75, 3.05) is 45.6 Å². The highest BCUT2D eigenvalue weighted by Gasteiger charge is 2.25. The van der Waals surface area contributed by atoms with Crippen LogP contribution in [-0.4, -0.2) is 61.5 Å². The maximum Gasteiger partial charge on any atom is 0.254 e. The number of hydrogen-bond acceptors (Lipinski definition) is 4. The van der Waals surface area contributed by atoms with Crippen LogP contribution in [-0.2, 0) is 9.53 Å². The van der Waals surface area contributed by atoms with Crippen LogP contribution in [0.3, 0.4) is 0 Å². The molecule has 1 aliphatic rings. The molecule has 0 bridgehead atoms. The number of hydrogen-bond donors (Lipinski definition) is 1. The largest absolute Gasteiger partial charge is 0.399 e. The summed E-state index contributed by atoms with van der Waals surface area (Å²) in [6, 6.07) is 3.78. The Morgan fingerprint density at radius 3 is 2.38 bits per heavy atom. The minimum Gasteiger partial charge on any atom is -0.399 e. The summed E-state index contributed by atoms with van der Waals surface area (Å²) in [5, 5.41) is 0. The Bertz CT molecular complexity index is 522.